The van der Waals surface area contributed by atoms with Crippen LogP contribution < -0.4 is 5.32 Å². The Balaban J connectivity index is 1.60. The standard InChI is InChI=1S/C16H19ClN4O2S/c1-10(15(23)18-8-11-4-2-3-5-13(11)17)24-16-20-19-14(9-22)21(16)12-6-7-12/h2-5,10,12,22H,6-9H2,1H3,(H,18,23)/t10-/m0/s1. The van der Waals surface area contributed by atoms with Gasteiger partial charge in [-0.05, 0) is 31.4 Å². The lowest BCUT2D eigenvalue weighted by molar-refractivity contribution is -0.120. The molecule has 1 aliphatic carbocycles. The van der Waals surface area contributed by atoms with Crippen LogP contribution in [0.5, 0.6) is 0 Å². The van der Waals surface area contributed by atoms with Gasteiger partial charge in [0.1, 0.15) is 6.61 Å². The molecule has 1 saturated carbocycles. The molecule has 0 radical (unpaired) electrons. The first-order chi connectivity index (χ1) is 11.6. The molecule has 0 spiro atoms. The molecular weight excluding hydrogens is 348 g/mol. The lowest BCUT2D eigenvalue weighted by Gasteiger charge is -2.13. The molecule has 8 heteroatoms. The van der Waals surface area contributed by atoms with Gasteiger partial charge in [0.05, 0.1) is 5.25 Å². The molecule has 1 fully saturated rings. The van der Waals surface area contributed by atoms with E-state index in [0.717, 1.165) is 18.4 Å². The number of aliphatic hydroxyl groups excluding tert-OH is 1. The fourth-order valence-electron chi connectivity index (χ4n) is 2.37. The number of nitrogens with one attached hydrogen (secondary N) is 1. The number of thioether (sulfide) groups is 1. The number of aromatic nitrogens is 3. The molecule has 0 saturated heterocycles. The summed E-state index contributed by atoms with van der Waals surface area (Å²) in [7, 11) is 0. The second-order valence-electron chi connectivity index (χ2n) is 5.73. The Morgan fingerprint density at radius 1 is 1.46 bits per heavy atom. The Kier molecular flexibility index (Phi) is 5.43. The molecule has 1 aliphatic rings. The van der Waals surface area contributed by atoms with E-state index < -0.39 is 0 Å². The molecule has 3 rings (SSSR count). The van der Waals surface area contributed by atoms with Crippen LogP contribution in [0.3, 0.4) is 0 Å². The third-order valence-electron chi connectivity index (χ3n) is 3.85. The van der Waals surface area contributed by atoms with Crippen molar-refractivity contribution in [2.45, 2.75) is 49.4 Å². The first-order valence-electron chi connectivity index (χ1n) is 7.82. The van der Waals surface area contributed by atoms with Crippen LogP contribution in [0.1, 0.15) is 37.2 Å². The van der Waals surface area contributed by atoms with Crippen molar-refractivity contribution >= 4 is 29.3 Å². The van der Waals surface area contributed by atoms with E-state index >= 15 is 0 Å². The van der Waals surface area contributed by atoms with Crippen molar-refractivity contribution < 1.29 is 9.90 Å². The number of aliphatic hydroxyl groups is 1. The van der Waals surface area contributed by atoms with Gasteiger partial charge in [-0.25, -0.2) is 0 Å². The van der Waals surface area contributed by atoms with E-state index in [2.05, 4.69) is 15.5 Å². The van der Waals surface area contributed by atoms with Crippen molar-refractivity contribution in [1.82, 2.24) is 20.1 Å². The average Bonchev–Trinajstić information content (AvgIpc) is 3.34. The summed E-state index contributed by atoms with van der Waals surface area (Å²) in [5.74, 6) is 0.472. The minimum absolute atomic E-state index is 0.0872. The van der Waals surface area contributed by atoms with Crippen LogP contribution in [-0.2, 0) is 17.9 Å². The highest BCUT2D eigenvalue weighted by atomic mass is 35.5. The van der Waals surface area contributed by atoms with Crippen molar-refractivity contribution in [2.24, 2.45) is 0 Å². The molecule has 1 amide bonds. The van der Waals surface area contributed by atoms with Crippen LogP contribution in [0.4, 0.5) is 0 Å². The molecule has 6 nitrogen and oxygen atoms in total. The lowest BCUT2D eigenvalue weighted by Crippen LogP contribution is -2.30. The smallest absolute Gasteiger partial charge is 0.233 e. The first-order valence-corrected chi connectivity index (χ1v) is 9.08. The summed E-state index contributed by atoms with van der Waals surface area (Å²) in [5.41, 5.74) is 0.883. The van der Waals surface area contributed by atoms with Crippen LogP contribution in [0.25, 0.3) is 0 Å². The van der Waals surface area contributed by atoms with E-state index in [1.807, 2.05) is 29.7 Å². The van der Waals surface area contributed by atoms with Gasteiger partial charge in [0.15, 0.2) is 11.0 Å². The first kappa shape index (κ1) is 17.3. The number of hydrogen-bond acceptors (Lipinski definition) is 5. The fourth-order valence-corrected chi connectivity index (χ4v) is 3.54. The lowest BCUT2D eigenvalue weighted by atomic mass is 10.2. The summed E-state index contributed by atoms with van der Waals surface area (Å²) < 4.78 is 1.95. The van der Waals surface area contributed by atoms with Crippen LogP contribution >= 0.6 is 23.4 Å². The summed E-state index contributed by atoms with van der Waals surface area (Å²) in [6.07, 6.45) is 2.12. The monoisotopic (exact) mass is 366 g/mol. The Morgan fingerprint density at radius 2 is 2.21 bits per heavy atom. The van der Waals surface area contributed by atoms with Crippen molar-refractivity contribution in [3.05, 3.63) is 40.7 Å². The Bertz CT molecular complexity index is 733. The number of hydrogen-bond donors (Lipinski definition) is 2. The summed E-state index contributed by atoms with van der Waals surface area (Å²) in [6, 6.07) is 7.78. The van der Waals surface area contributed by atoms with Gasteiger partial charge in [0, 0.05) is 17.6 Å². The van der Waals surface area contributed by atoms with Gasteiger partial charge in [-0.2, -0.15) is 0 Å². The topological polar surface area (TPSA) is 80.0 Å². The van der Waals surface area contributed by atoms with Crippen LogP contribution in [-0.4, -0.2) is 31.0 Å². The van der Waals surface area contributed by atoms with Crippen molar-refractivity contribution in [3.63, 3.8) is 0 Å². The van der Waals surface area contributed by atoms with Crippen molar-refractivity contribution in [1.29, 1.82) is 0 Å². The Hall–Kier alpha value is -1.57. The van der Waals surface area contributed by atoms with E-state index in [-0.39, 0.29) is 17.8 Å². The Labute approximate surface area is 149 Å². The molecule has 0 aliphatic heterocycles. The number of nitrogens with zero attached hydrogens (tertiary/aromatic N) is 3. The van der Waals surface area contributed by atoms with Crippen molar-refractivity contribution in [3.8, 4) is 0 Å². The zero-order valence-corrected chi connectivity index (χ0v) is 14.8. The van der Waals surface area contributed by atoms with E-state index in [4.69, 9.17) is 11.6 Å². The van der Waals surface area contributed by atoms with Gasteiger partial charge >= 0.3 is 0 Å². The quantitative estimate of drug-likeness (QED) is 0.736. The zero-order valence-electron chi connectivity index (χ0n) is 13.3. The number of carbonyl (C=O) groups excluding carboxylic acids is 1. The molecule has 2 N–H and O–H groups in total. The summed E-state index contributed by atoms with van der Waals surface area (Å²) in [5, 5.41) is 21.4. The maximum Gasteiger partial charge on any atom is 0.233 e. The van der Waals surface area contributed by atoms with E-state index in [1.54, 1.807) is 6.07 Å². The molecule has 2 aromatic rings. The van der Waals surface area contributed by atoms with Crippen LogP contribution in [0.15, 0.2) is 29.4 Å². The highest BCUT2D eigenvalue weighted by Crippen LogP contribution is 2.39. The Morgan fingerprint density at radius 3 is 2.88 bits per heavy atom. The van der Waals surface area contributed by atoms with Gasteiger partial charge in [-0.3, -0.25) is 4.79 Å². The molecule has 0 bridgehead atoms. The predicted octanol–water partition coefficient (Wildman–Crippen LogP) is 2.56. The third-order valence-corrected chi connectivity index (χ3v) is 5.28. The second-order valence-corrected chi connectivity index (χ2v) is 7.44. The average molecular weight is 367 g/mol. The molecule has 1 heterocycles. The maximum absolute atomic E-state index is 12.3. The molecule has 1 aromatic carbocycles. The number of carbonyl (C=O) groups is 1. The number of rotatable bonds is 7. The molecule has 24 heavy (non-hydrogen) atoms. The molecule has 0 unspecified atom stereocenters. The zero-order chi connectivity index (χ0) is 17.1. The van der Waals surface area contributed by atoms with Crippen molar-refractivity contribution in [2.75, 3.05) is 0 Å². The number of amides is 1. The van der Waals surface area contributed by atoms with Gasteiger partial charge < -0.3 is 15.0 Å². The minimum Gasteiger partial charge on any atom is -0.388 e. The maximum atomic E-state index is 12.3. The largest absolute Gasteiger partial charge is 0.388 e. The normalized spacial score (nSPS) is 15.3. The molecule has 128 valence electrons. The highest BCUT2D eigenvalue weighted by Gasteiger charge is 2.30. The summed E-state index contributed by atoms with van der Waals surface area (Å²) >= 11 is 7.45. The highest BCUT2D eigenvalue weighted by molar-refractivity contribution is 8.00. The summed E-state index contributed by atoms with van der Waals surface area (Å²) in [4.78, 5) is 12.3. The summed E-state index contributed by atoms with van der Waals surface area (Å²) in [6.45, 7) is 2.08. The minimum atomic E-state index is -0.319. The second kappa shape index (κ2) is 7.55. The van der Waals surface area contributed by atoms with E-state index in [0.29, 0.717) is 28.6 Å². The van der Waals surface area contributed by atoms with E-state index in [1.165, 1.54) is 11.8 Å². The van der Waals surface area contributed by atoms with E-state index in [9.17, 15) is 9.90 Å². The molecule has 1 aromatic heterocycles. The fraction of sp³-hybridized carbons (Fsp3) is 0.438. The van der Waals surface area contributed by atoms with Gasteiger partial charge in [-0.15, -0.1) is 10.2 Å². The van der Waals surface area contributed by atoms with Gasteiger partial charge in [-0.1, -0.05) is 41.6 Å². The van der Waals surface area contributed by atoms with Gasteiger partial charge in [0.25, 0.3) is 0 Å². The molecular formula is C16H19ClN4O2S. The van der Waals surface area contributed by atoms with Crippen LogP contribution in [0.2, 0.25) is 5.02 Å². The molecule has 1 atom stereocenters. The van der Waals surface area contributed by atoms with Gasteiger partial charge in [0.2, 0.25) is 5.91 Å². The third kappa shape index (κ3) is 3.91. The number of benzene rings is 1. The number of halogens is 1. The SMILES string of the molecule is C[C@H](Sc1nnc(CO)n1C1CC1)C(=O)NCc1ccccc1Cl. The predicted molar refractivity (Wildman–Crippen MR) is 92.8 cm³/mol. The van der Waals surface area contributed by atoms with Crippen LogP contribution in [0, 0.1) is 0 Å².